The van der Waals surface area contributed by atoms with E-state index in [-0.39, 0.29) is 0 Å². The van der Waals surface area contributed by atoms with Crippen LogP contribution in [-0.2, 0) is 6.42 Å². The van der Waals surface area contributed by atoms with Crippen LogP contribution in [0.5, 0.6) is 0 Å². The van der Waals surface area contributed by atoms with Crippen LogP contribution in [-0.4, -0.2) is 14.5 Å². The fourth-order valence-corrected chi connectivity index (χ4v) is 1.31. The van der Waals surface area contributed by atoms with Gasteiger partial charge in [-0.1, -0.05) is 35.5 Å². The van der Waals surface area contributed by atoms with E-state index < -0.39 is 0 Å². The monoisotopic (exact) mass is 193 g/mol. The molecule has 0 saturated carbocycles. The summed E-state index contributed by atoms with van der Waals surface area (Å²) >= 11 is 5.57. The molecule has 2 rings (SSSR count). The second kappa shape index (κ2) is 3.58. The van der Waals surface area contributed by atoms with Crippen LogP contribution in [0.25, 0.3) is 0 Å². The maximum atomic E-state index is 5.57. The van der Waals surface area contributed by atoms with Gasteiger partial charge >= 0.3 is 0 Å². The van der Waals surface area contributed by atoms with Gasteiger partial charge in [0.05, 0.1) is 11.9 Å². The van der Waals surface area contributed by atoms with Crippen LogP contribution in [0.1, 0.15) is 11.3 Å². The van der Waals surface area contributed by atoms with E-state index in [1.54, 1.807) is 6.20 Å². The van der Waals surface area contributed by atoms with Gasteiger partial charge in [-0.25, -0.2) is 0 Å². The summed E-state index contributed by atoms with van der Waals surface area (Å²) in [5, 5.41) is 7.54. The highest BCUT2D eigenvalue weighted by Crippen LogP contribution is 2.05. The van der Waals surface area contributed by atoms with E-state index in [9.17, 15) is 0 Å². The lowest BCUT2D eigenvalue weighted by Gasteiger charge is -1.94. The summed E-state index contributed by atoms with van der Waals surface area (Å²) in [6, 6.07) is 10.1. The molecule has 0 unspecified atom stereocenters. The molecule has 0 saturated heterocycles. The van der Waals surface area contributed by atoms with Gasteiger partial charge in [-0.3, -0.25) is 0 Å². The van der Waals surface area contributed by atoms with E-state index in [1.807, 2.05) is 30.3 Å². The largest absolute Gasteiger partial charge is 0.159 e. The third kappa shape index (κ3) is 2.06. The first-order valence-corrected chi connectivity index (χ1v) is 4.30. The zero-order chi connectivity index (χ0) is 9.10. The number of hydrogen-bond acceptors (Lipinski definition) is 2. The fraction of sp³-hybridized carbons (Fsp3) is 0.111. The van der Waals surface area contributed by atoms with Gasteiger partial charge in [0.2, 0.25) is 0 Å². The molecule has 1 heterocycles. The molecule has 1 aromatic heterocycles. The Morgan fingerprint density at radius 3 is 2.62 bits per heavy atom. The van der Waals surface area contributed by atoms with Crippen molar-refractivity contribution in [1.29, 1.82) is 0 Å². The van der Waals surface area contributed by atoms with Gasteiger partial charge in [-0.2, -0.15) is 4.20 Å². The van der Waals surface area contributed by atoms with Crippen LogP contribution in [0.4, 0.5) is 0 Å². The van der Waals surface area contributed by atoms with Gasteiger partial charge in [-0.15, -0.1) is 5.10 Å². The van der Waals surface area contributed by atoms with E-state index in [0.717, 1.165) is 12.1 Å². The first kappa shape index (κ1) is 8.26. The third-order valence-electron chi connectivity index (χ3n) is 1.74. The molecule has 1 aromatic carbocycles. The molecular formula is C9H8ClN3. The molecule has 13 heavy (non-hydrogen) atoms. The predicted molar refractivity (Wildman–Crippen MR) is 50.5 cm³/mol. The first-order chi connectivity index (χ1) is 6.34. The summed E-state index contributed by atoms with van der Waals surface area (Å²) in [4.78, 5) is 0. The lowest BCUT2D eigenvalue weighted by Crippen LogP contribution is -1.87. The summed E-state index contributed by atoms with van der Waals surface area (Å²) in [5.41, 5.74) is 2.08. The Morgan fingerprint density at radius 2 is 2.00 bits per heavy atom. The van der Waals surface area contributed by atoms with Gasteiger partial charge in [0.25, 0.3) is 0 Å². The molecular weight excluding hydrogens is 186 g/mol. The molecule has 0 amide bonds. The number of hydrogen-bond donors (Lipinski definition) is 0. The van der Waals surface area contributed by atoms with Crippen LogP contribution in [0.3, 0.4) is 0 Å². The van der Waals surface area contributed by atoms with Gasteiger partial charge in [0, 0.05) is 18.2 Å². The minimum atomic E-state index is 0.771. The Balaban J connectivity index is 2.15. The van der Waals surface area contributed by atoms with Crippen LogP contribution in [0, 0.1) is 0 Å². The standard InChI is InChI=1S/C9H8ClN3/c10-13-7-9(11-12-13)6-8-4-2-1-3-5-8/h1-5,7H,6H2. The molecule has 0 aliphatic carbocycles. The smallest absolute Gasteiger partial charge is 0.0886 e. The number of rotatable bonds is 2. The highest BCUT2D eigenvalue weighted by molar-refractivity contribution is 6.14. The zero-order valence-corrected chi connectivity index (χ0v) is 7.65. The number of nitrogens with zero attached hydrogens (tertiary/aromatic N) is 3. The SMILES string of the molecule is Cln1cc(Cc2ccccc2)nn1. The van der Waals surface area contributed by atoms with Crippen molar-refractivity contribution in [2.24, 2.45) is 0 Å². The van der Waals surface area contributed by atoms with Gasteiger partial charge in [0.15, 0.2) is 0 Å². The van der Waals surface area contributed by atoms with Crippen molar-refractivity contribution in [3.63, 3.8) is 0 Å². The van der Waals surface area contributed by atoms with E-state index in [0.29, 0.717) is 0 Å². The maximum Gasteiger partial charge on any atom is 0.0886 e. The molecule has 0 aliphatic rings. The normalized spacial score (nSPS) is 10.2. The zero-order valence-electron chi connectivity index (χ0n) is 6.89. The van der Waals surface area contributed by atoms with Crippen molar-refractivity contribution in [2.75, 3.05) is 0 Å². The highest BCUT2D eigenvalue weighted by Gasteiger charge is 1.99. The summed E-state index contributed by atoms with van der Waals surface area (Å²) in [5.74, 6) is 0. The maximum absolute atomic E-state index is 5.57. The molecule has 66 valence electrons. The van der Waals surface area contributed by atoms with Crippen LogP contribution < -0.4 is 0 Å². The Bertz CT molecular complexity index is 383. The van der Waals surface area contributed by atoms with Crippen molar-refractivity contribution in [3.05, 3.63) is 47.8 Å². The Morgan fingerprint density at radius 1 is 1.23 bits per heavy atom. The molecule has 0 radical (unpaired) electrons. The predicted octanol–water partition coefficient (Wildman–Crippen LogP) is 1.87. The van der Waals surface area contributed by atoms with Gasteiger partial charge < -0.3 is 0 Å². The molecule has 0 fully saturated rings. The second-order valence-corrected chi connectivity index (χ2v) is 3.11. The third-order valence-corrected chi connectivity index (χ3v) is 1.91. The minimum Gasteiger partial charge on any atom is -0.159 e. The van der Waals surface area contributed by atoms with Crippen LogP contribution in [0.2, 0.25) is 0 Å². The number of halogens is 1. The van der Waals surface area contributed by atoms with E-state index >= 15 is 0 Å². The number of benzene rings is 1. The van der Waals surface area contributed by atoms with Gasteiger partial charge in [0.1, 0.15) is 0 Å². The topological polar surface area (TPSA) is 30.7 Å². The lowest BCUT2D eigenvalue weighted by molar-refractivity contribution is 0.867. The Labute approximate surface area is 81.1 Å². The fourth-order valence-electron chi connectivity index (χ4n) is 1.16. The molecule has 4 heteroatoms. The molecule has 0 atom stereocenters. The molecule has 0 aliphatic heterocycles. The quantitative estimate of drug-likeness (QED) is 0.729. The number of aromatic nitrogens is 3. The molecule has 0 spiro atoms. The van der Waals surface area contributed by atoms with E-state index in [2.05, 4.69) is 10.3 Å². The molecule has 2 aromatic rings. The van der Waals surface area contributed by atoms with Crippen LogP contribution in [0.15, 0.2) is 36.5 Å². The van der Waals surface area contributed by atoms with Crippen molar-refractivity contribution >= 4 is 11.8 Å². The Kier molecular flexibility index (Phi) is 2.27. The molecule has 0 bridgehead atoms. The second-order valence-electron chi connectivity index (χ2n) is 2.76. The van der Waals surface area contributed by atoms with Crippen molar-refractivity contribution in [2.45, 2.75) is 6.42 Å². The van der Waals surface area contributed by atoms with Crippen molar-refractivity contribution in [3.8, 4) is 0 Å². The van der Waals surface area contributed by atoms with E-state index in [1.165, 1.54) is 9.76 Å². The summed E-state index contributed by atoms with van der Waals surface area (Å²) in [7, 11) is 0. The Hall–Kier alpha value is -1.35. The van der Waals surface area contributed by atoms with Gasteiger partial charge in [-0.05, 0) is 5.56 Å². The van der Waals surface area contributed by atoms with Crippen LogP contribution >= 0.6 is 11.8 Å². The lowest BCUT2D eigenvalue weighted by atomic mass is 10.1. The highest BCUT2D eigenvalue weighted by atomic mass is 35.5. The van der Waals surface area contributed by atoms with Crippen molar-refractivity contribution in [1.82, 2.24) is 14.5 Å². The summed E-state index contributed by atoms with van der Waals surface area (Å²) < 4.78 is 1.19. The minimum absolute atomic E-state index is 0.771. The first-order valence-electron chi connectivity index (χ1n) is 3.96. The average molecular weight is 194 g/mol. The molecule has 3 nitrogen and oxygen atoms in total. The van der Waals surface area contributed by atoms with E-state index in [4.69, 9.17) is 11.8 Å². The molecule has 0 N–H and O–H groups in total. The van der Waals surface area contributed by atoms with Crippen molar-refractivity contribution < 1.29 is 0 Å². The average Bonchev–Trinajstić information content (AvgIpc) is 2.53. The summed E-state index contributed by atoms with van der Waals surface area (Å²) in [6.07, 6.45) is 2.47. The summed E-state index contributed by atoms with van der Waals surface area (Å²) in [6.45, 7) is 0.